The van der Waals surface area contributed by atoms with Crippen molar-refractivity contribution in [3.05, 3.63) is 48.5 Å². The monoisotopic (exact) mass is 458 g/mol. The van der Waals surface area contributed by atoms with Gasteiger partial charge in [-0.05, 0) is 46.2 Å². The molecule has 6 rings (SSSR count). The van der Waals surface area contributed by atoms with E-state index in [0.29, 0.717) is 60.7 Å². The average molecular weight is 459 g/mol. The standard InChI is InChI=1S/C26H26N4O4/c27-21-7-15-5-13(1-3-19(15)23(29)25(21)33-11-17-9-31-17)14-2-4-20-16(6-14)8-22(28)26(24(20)30)34-12-18-10-32-18/h1-8,17-18H,9-12,27-30H2. The molecule has 0 amide bonds. The number of benzene rings is 4. The molecule has 2 aliphatic heterocycles. The summed E-state index contributed by atoms with van der Waals surface area (Å²) in [4.78, 5) is 0. The van der Waals surface area contributed by atoms with E-state index in [2.05, 4.69) is 12.1 Å². The van der Waals surface area contributed by atoms with Crippen molar-refractivity contribution in [3.8, 4) is 22.6 Å². The van der Waals surface area contributed by atoms with Gasteiger partial charge in [-0.15, -0.1) is 0 Å². The predicted molar refractivity (Wildman–Crippen MR) is 135 cm³/mol. The molecule has 0 spiro atoms. The lowest BCUT2D eigenvalue weighted by molar-refractivity contribution is 0.265. The molecule has 0 radical (unpaired) electrons. The van der Waals surface area contributed by atoms with Gasteiger partial charge in [0.25, 0.3) is 0 Å². The van der Waals surface area contributed by atoms with Crippen molar-refractivity contribution in [2.24, 2.45) is 0 Å². The normalized spacial score (nSPS) is 18.8. The van der Waals surface area contributed by atoms with Crippen LogP contribution in [0.5, 0.6) is 11.5 Å². The van der Waals surface area contributed by atoms with Crippen LogP contribution in [0.4, 0.5) is 22.7 Å². The second-order valence-electron chi connectivity index (χ2n) is 8.82. The highest BCUT2D eigenvalue weighted by molar-refractivity contribution is 6.04. The lowest BCUT2D eigenvalue weighted by Crippen LogP contribution is -2.08. The Morgan fingerprint density at radius 3 is 1.44 bits per heavy atom. The summed E-state index contributed by atoms with van der Waals surface area (Å²) in [6.07, 6.45) is 0.255. The summed E-state index contributed by atoms with van der Waals surface area (Å²) >= 11 is 0. The lowest BCUT2D eigenvalue weighted by atomic mass is 9.96. The van der Waals surface area contributed by atoms with Gasteiger partial charge in [0.1, 0.15) is 25.4 Å². The molecule has 2 fully saturated rings. The van der Waals surface area contributed by atoms with Crippen molar-refractivity contribution in [1.29, 1.82) is 0 Å². The first-order valence-corrected chi connectivity index (χ1v) is 11.2. The van der Waals surface area contributed by atoms with Crippen LogP contribution >= 0.6 is 0 Å². The van der Waals surface area contributed by atoms with Gasteiger partial charge in [0.2, 0.25) is 0 Å². The molecule has 2 saturated heterocycles. The van der Waals surface area contributed by atoms with Crippen LogP contribution < -0.4 is 32.4 Å². The maximum Gasteiger partial charge on any atom is 0.165 e. The Labute approximate surface area is 196 Å². The first-order valence-electron chi connectivity index (χ1n) is 11.2. The Morgan fingerprint density at radius 1 is 0.647 bits per heavy atom. The van der Waals surface area contributed by atoms with Gasteiger partial charge in [-0.2, -0.15) is 0 Å². The molecule has 34 heavy (non-hydrogen) atoms. The van der Waals surface area contributed by atoms with E-state index in [0.717, 1.165) is 32.7 Å². The second kappa shape index (κ2) is 7.86. The minimum atomic E-state index is 0.128. The molecule has 2 atom stereocenters. The number of rotatable bonds is 7. The first-order chi connectivity index (χ1) is 16.5. The molecule has 4 aromatic carbocycles. The fraction of sp³-hybridized carbons (Fsp3) is 0.231. The zero-order valence-corrected chi connectivity index (χ0v) is 18.5. The van der Waals surface area contributed by atoms with Crippen LogP contribution in [0.1, 0.15) is 0 Å². The highest BCUT2D eigenvalue weighted by atomic mass is 16.6. The molecule has 2 aliphatic rings. The van der Waals surface area contributed by atoms with Crippen LogP contribution in [-0.4, -0.2) is 38.6 Å². The quantitative estimate of drug-likeness (QED) is 0.243. The van der Waals surface area contributed by atoms with Gasteiger partial charge in [0.05, 0.1) is 36.0 Å². The molecular weight excluding hydrogens is 432 g/mol. The predicted octanol–water partition coefficient (Wildman–Crippen LogP) is 3.54. The van der Waals surface area contributed by atoms with E-state index in [9.17, 15) is 0 Å². The average Bonchev–Trinajstić information content (AvgIpc) is 3.73. The number of hydrogen-bond donors (Lipinski definition) is 4. The van der Waals surface area contributed by atoms with Gasteiger partial charge in [-0.1, -0.05) is 24.3 Å². The summed E-state index contributed by atoms with van der Waals surface area (Å²) in [6, 6.07) is 16.0. The Kier molecular flexibility index (Phi) is 4.79. The number of nitrogens with two attached hydrogens (primary N) is 4. The highest BCUT2D eigenvalue weighted by Crippen LogP contribution is 2.41. The van der Waals surface area contributed by atoms with Crippen molar-refractivity contribution in [1.82, 2.24) is 0 Å². The Morgan fingerprint density at radius 2 is 1.06 bits per heavy atom. The van der Waals surface area contributed by atoms with Crippen LogP contribution in [0.3, 0.4) is 0 Å². The molecule has 8 N–H and O–H groups in total. The Hall–Kier alpha value is -3.88. The van der Waals surface area contributed by atoms with Gasteiger partial charge in [0, 0.05) is 10.8 Å². The first kappa shape index (κ1) is 20.7. The second-order valence-corrected chi connectivity index (χ2v) is 8.82. The van der Waals surface area contributed by atoms with Crippen LogP contribution in [0.2, 0.25) is 0 Å². The largest absolute Gasteiger partial charge is 0.486 e. The molecule has 2 unspecified atom stereocenters. The zero-order chi connectivity index (χ0) is 23.4. The molecule has 174 valence electrons. The van der Waals surface area contributed by atoms with E-state index in [-0.39, 0.29) is 12.2 Å². The molecule has 0 aliphatic carbocycles. The number of fused-ring (bicyclic) bond motifs is 2. The fourth-order valence-corrected chi connectivity index (χ4v) is 4.24. The third-order valence-corrected chi connectivity index (χ3v) is 6.28. The summed E-state index contributed by atoms with van der Waals surface area (Å²) in [5, 5.41) is 3.65. The van der Waals surface area contributed by atoms with Crippen LogP contribution in [0.15, 0.2) is 48.5 Å². The van der Waals surface area contributed by atoms with E-state index < -0.39 is 0 Å². The molecule has 4 aromatic rings. The maximum atomic E-state index is 6.39. The zero-order valence-electron chi connectivity index (χ0n) is 18.5. The van der Waals surface area contributed by atoms with Crippen molar-refractivity contribution in [2.45, 2.75) is 12.2 Å². The van der Waals surface area contributed by atoms with E-state index in [1.807, 2.05) is 36.4 Å². The van der Waals surface area contributed by atoms with E-state index in [1.54, 1.807) is 0 Å². The smallest absolute Gasteiger partial charge is 0.165 e. The highest BCUT2D eigenvalue weighted by Gasteiger charge is 2.25. The number of hydrogen-bond acceptors (Lipinski definition) is 8. The molecule has 8 nitrogen and oxygen atoms in total. The summed E-state index contributed by atoms with van der Waals surface area (Å²) < 4.78 is 22.0. The molecule has 0 saturated carbocycles. The topological polar surface area (TPSA) is 148 Å². The van der Waals surface area contributed by atoms with E-state index >= 15 is 0 Å². The Balaban J connectivity index is 1.34. The summed E-state index contributed by atoms with van der Waals surface area (Å²) in [5.74, 6) is 1.03. The van der Waals surface area contributed by atoms with Gasteiger partial charge >= 0.3 is 0 Å². The summed E-state index contributed by atoms with van der Waals surface area (Å²) in [6.45, 7) is 2.32. The third kappa shape index (κ3) is 3.76. The van der Waals surface area contributed by atoms with Gasteiger partial charge in [-0.3, -0.25) is 0 Å². The molecule has 0 aromatic heterocycles. The van der Waals surface area contributed by atoms with Crippen LogP contribution in [0, 0.1) is 0 Å². The summed E-state index contributed by atoms with van der Waals surface area (Å²) in [7, 11) is 0. The minimum Gasteiger partial charge on any atom is -0.486 e. The molecule has 8 heteroatoms. The van der Waals surface area contributed by atoms with E-state index in [1.165, 1.54) is 0 Å². The van der Waals surface area contributed by atoms with Crippen molar-refractivity contribution < 1.29 is 18.9 Å². The van der Waals surface area contributed by atoms with Crippen molar-refractivity contribution in [2.75, 3.05) is 49.4 Å². The van der Waals surface area contributed by atoms with Gasteiger partial charge < -0.3 is 41.9 Å². The molecule has 2 heterocycles. The van der Waals surface area contributed by atoms with Crippen LogP contribution in [-0.2, 0) is 9.47 Å². The Bertz CT molecular complexity index is 1320. The fourth-order valence-electron chi connectivity index (χ4n) is 4.24. The maximum absolute atomic E-state index is 6.39. The number of ether oxygens (including phenoxy) is 4. The number of anilines is 4. The SMILES string of the molecule is Nc1cc2cc(-c3ccc4c(N)c(OCC5CO5)c(N)cc4c3)ccc2c(N)c1OCC1CO1. The summed E-state index contributed by atoms with van der Waals surface area (Å²) in [5.41, 5.74) is 29.4. The van der Waals surface area contributed by atoms with E-state index in [4.69, 9.17) is 41.9 Å². The van der Waals surface area contributed by atoms with Gasteiger partial charge in [0.15, 0.2) is 11.5 Å². The number of epoxide rings is 2. The third-order valence-electron chi connectivity index (χ3n) is 6.28. The van der Waals surface area contributed by atoms with Gasteiger partial charge in [-0.25, -0.2) is 0 Å². The lowest BCUT2D eigenvalue weighted by Gasteiger charge is -2.15. The number of nitrogen functional groups attached to an aromatic ring is 4. The van der Waals surface area contributed by atoms with Crippen LogP contribution in [0.25, 0.3) is 32.7 Å². The minimum absolute atomic E-state index is 0.128. The van der Waals surface area contributed by atoms with Crippen molar-refractivity contribution in [3.63, 3.8) is 0 Å². The molecule has 0 bridgehead atoms. The molecular formula is C26H26N4O4. The van der Waals surface area contributed by atoms with Crippen molar-refractivity contribution >= 4 is 44.3 Å².